The van der Waals surface area contributed by atoms with Crippen LogP contribution in [0.2, 0.25) is 0 Å². The van der Waals surface area contributed by atoms with Crippen LogP contribution in [-0.4, -0.2) is 34.2 Å². The summed E-state index contributed by atoms with van der Waals surface area (Å²) >= 11 is 1.00. The monoisotopic (exact) mass is 462 g/mol. The van der Waals surface area contributed by atoms with Crippen molar-refractivity contribution < 1.29 is 18.3 Å². The Labute approximate surface area is 186 Å². The number of benzene rings is 1. The van der Waals surface area contributed by atoms with Crippen molar-refractivity contribution in [1.29, 1.82) is 0 Å². The number of carboxylic acid groups (broad SMARTS) is 1. The molecule has 2 N–H and O–H groups in total. The molecule has 0 aliphatic rings. The van der Waals surface area contributed by atoms with Gasteiger partial charge in [-0.15, -0.1) is 11.3 Å². The molecule has 3 aromatic rings. The standard InChI is InChI=1S/C21H26N4O4S2/c1-5-6-16-23-17(18(30-16)31(28,29)24-20(26)27)15-9-7-14(8-10-15)13-25-12-11-22-19(25)21(2,3)4/h7-12,24H,5-6,13H2,1-4H3,(H,26,27). The minimum atomic E-state index is -4.21. The van der Waals surface area contributed by atoms with E-state index in [-0.39, 0.29) is 15.3 Å². The van der Waals surface area contributed by atoms with Crippen molar-refractivity contribution in [1.82, 2.24) is 19.3 Å². The Kier molecular flexibility index (Phi) is 6.51. The van der Waals surface area contributed by atoms with E-state index in [0.29, 0.717) is 23.5 Å². The first kappa shape index (κ1) is 23.0. The zero-order chi connectivity index (χ0) is 22.8. The number of hydrogen-bond donors (Lipinski definition) is 2. The maximum Gasteiger partial charge on any atom is 0.418 e. The second kappa shape index (κ2) is 8.80. The lowest BCUT2D eigenvalue weighted by Crippen LogP contribution is -2.28. The zero-order valence-electron chi connectivity index (χ0n) is 17.9. The number of nitrogens with zero attached hydrogens (tertiary/aromatic N) is 3. The first-order valence-corrected chi connectivity index (χ1v) is 12.2. The highest BCUT2D eigenvalue weighted by atomic mass is 32.2. The van der Waals surface area contributed by atoms with Crippen LogP contribution in [0.5, 0.6) is 0 Å². The fourth-order valence-corrected chi connectivity index (χ4v) is 5.75. The molecule has 1 aromatic carbocycles. The lowest BCUT2D eigenvalue weighted by Gasteiger charge is -2.19. The van der Waals surface area contributed by atoms with Crippen molar-refractivity contribution in [3.05, 3.63) is 53.1 Å². The molecule has 3 rings (SSSR count). The van der Waals surface area contributed by atoms with Crippen molar-refractivity contribution in [3.63, 3.8) is 0 Å². The zero-order valence-corrected chi connectivity index (χ0v) is 19.5. The van der Waals surface area contributed by atoms with Gasteiger partial charge in [0.05, 0.1) is 5.01 Å². The van der Waals surface area contributed by atoms with Crippen molar-refractivity contribution in [3.8, 4) is 11.3 Å². The molecule has 0 saturated heterocycles. The Morgan fingerprint density at radius 1 is 1.23 bits per heavy atom. The van der Waals surface area contributed by atoms with E-state index in [1.807, 2.05) is 37.4 Å². The number of sulfonamides is 1. The Morgan fingerprint density at radius 3 is 2.48 bits per heavy atom. The second-order valence-corrected chi connectivity index (χ2v) is 11.2. The summed E-state index contributed by atoms with van der Waals surface area (Å²) in [5.41, 5.74) is 1.84. The predicted molar refractivity (Wildman–Crippen MR) is 120 cm³/mol. The Balaban J connectivity index is 1.94. The lowest BCUT2D eigenvalue weighted by atomic mass is 9.95. The van der Waals surface area contributed by atoms with Crippen molar-refractivity contribution in [2.75, 3.05) is 0 Å². The summed E-state index contributed by atoms with van der Waals surface area (Å²) in [6, 6.07) is 7.46. The first-order chi connectivity index (χ1) is 14.5. The van der Waals surface area contributed by atoms with Gasteiger partial charge >= 0.3 is 6.09 Å². The molecule has 2 aromatic heterocycles. The third-order valence-corrected chi connectivity index (χ3v) is 7.48. The van der Waals surface area contributed by atoms with E-state index in [9.17, 15) is 13.2 Å². The smallest absolute Gasteiger partial charge is 0.418 e. The van der Waals surface area contributed by atoms with Crippen molar-refractivity contribution >= 4 is 27.5 Å². The Bertz CT molecular complexity index is 1170. The third-order valence-electron chi connectivity index (χ3n) is 4.54. The van der Waals surface area contributed by atoms with Gasteiger partial charge in [-0.3, -0.25) is 0 Å². The third kappa shape index (κ3) is 5.31. The van der Waals surface area contributed by atoms with Gasteiger partial charge in [-0.1, -0.05) is 52.0 Å². The second-order valence-electron chi connectivity index (χ2n) is 8.23. The molecule has 0 bridgehead atoms. The van der Waals surface area contributed by atoms with Crippen LogP contribution >= 0.6 is 11.3 Å². The summed E-state index contributed by atoms with van der Waals surface area (Å²) in [5, 5.41) is 9.56. The van der Waals surface area contributed by atoms with Gasteiger partial charge in [0.2, 0.25) is 0 Å². The Morgan fingerprint density at radius 2 is 1.90 bits per heavy atom. The number of aryl methyl sites for hydroxylation is 1. The number of thiazole rings is 1. The number of nitrogens with one attached hydrogen (secondary N) is 1. The molecule has 166 valence electrons. The highest BCUT2D eigenvalue weighted by Gasteiger charge is 2.26. The number of hydrogen-bond acceptors (Lipinski definition) is 6. The Hall–Kier alpha value is -2.72. The molecular weight excluding hydrogens is 436 g/mol. The van der Waals surface area contributed by atoms with Gasteiger partial charge < -0.3 is 9.67 Å². The molecule has 10 heteroatoms. The average Bonchev–Trinajstić information content (AvgIpc) is 3.29. The molecule has 0 aliphatic heterocycles. The van der Waals surface area contributed by atoms with Crippen LogP contribution in [0.25, 0.3) is 11.3 Å². The van der Waals surface area contributed by atoms with Crippen LogP contribution < -0.4 is 4.72 Å². The summed E-state index contributed by atoms with van der Waals surface area (Å²) in [6.07, 6.45) is 3.52. The molecule has 0 atom stereocenters. The number of aromatic nitrogens is 3. The molecule has 1 amide bonds. The highest BCUT2D eigenvalue weighted by Crippen LogP contribution is 2.33. The molecular formula is C21H26N4O4S2. The van der Waals surface area contributed by atoms with Crippen LogP contribution in [0.1, 0.15) is 50.5 Å². The summed E-state index contributed by atoms with van der Waals surface area (Å²) in [6.45, 7) is 8.94. The highest BCUT2D eigenvalue weighted by molar-refractivity contribution is 7.92. The topological polar surface area (TPSA) is 114 Å². The van der Waals surface area contributed by atoms with Gasteiger partial charge in [0.15, 0.2) is 4.21 Å². The number of amides is 1. The maximum atomic E-state index is 12.5. The van der Waals surface area contributed by atoms with Crippen LogP contribution in [-0.2, 0) is 28.4 Å². The summed E-state index contributed by atoms with van der Waals surface area (Å²) in [5.74, 6) is 0.980. The van der Waals surface area contributed by atoms with E-state index in [0.717, 1.165) is 29.1 Å². The molecule has 0 fully saturated rings. The van der Waals surface area contributed by atoms with E-state index in [1.165, 1.54) is 0 Å². The maximum absolute atomic E-state index is 12.5. The van der Waals surface area contributed by atoms with Gasteiger partial charge in [-0.25, -0.2) is 27.9 Å². The van der Waals surface area contributed by atoms with E-state index in [1.54, 1.807) is 10.9 Å². The fraction of sp³-hybridized carbons (Fsp3) is 0.381. The molecule has 0 unspecified atom stereocenters. The summed E-state index contributed by atoms with van der Waals surface area (Å²) < 4.78 is 28.7. The van der Waals surface area contributed by atoms with Crippen LogP contribution in [0.3, 0.4) is 0 Å². The molecule has 8 nitrogen and oxygen atoms in total. The van der Waals surface area contributed by atoms with E-state index >= 15 is 0 Å². The minimum Gasteiger partial charge on any atom is -0.464 e. The van der Waals surface area contributed by atoms with Gasteiger partial charge in [0.25, 0.3) is 10.0 Å². The van der Waals surface area contributed by atoms with Gasteiger partial charge in [-0.05, 0) is 18.4 Å². The first-order valence-electron chi connectivity index (χ1n) is 9.87. The predicted octanol–water partition coefficient (Wildman–Crippen LogP) is 4.26. The molecule has 31 heavy (non-hydrogen) atoms. The molecule has 0 saturated carbocycles. The van der Waals surface area contributed by atoms with E-state index in [2.05, 4.69) is 35.3 Å². The van der Waals surface area contributed by atoms with Crippen LogP contribution in [0, 0.1) is 0 Å². The minimum absolute atomic E-state index is 0.0832. The van der Waals surface area contributed by atoms with E-state index in [4.69, 9.17) is 5.11 Å². The van der Waals surface area contributed by atoms with Crippen molar-refractivity contribution in [2.45, 2.75) is 56.7 Å². The summed E-state index contributed by atoms with van der Waals surface area (Å²) in [7, 11) is -4.21. The van der Waals surface area contributed by atoms with Crippen LogP contribution in [0.4, 0.5) is 4.79 Å². The SMILES string of the molecule is CCCc1nc(-c2ccc(Cn3ccnc3C(C)(C)C)cc2)c(S(=O)(=O)NC(=O)O)s1. The van der Waals surface area contributed by atoms with Gasteiger partial charge in [0.1, 0.15) is 11.5 Å². The lowest BCUT2D eigenvalue weighted by molar-refractivity contribution is 0.201. The molecule has 0 radical (unpaired) electrons. The van der Waals surface area contributed by atoms with Crippen molar-refractivity contribution in [2.24, 2.45) is 0 Å². The average molecular weight is 463 g/mol. The van der Waals surface area contributed by atoms with Gasteiger partial charge in [0, 0.05) is 29.9 Å². The van der Waals surface area contributed by atoms with Gasteiger partial charge in [-0.2, -0.15) is 0 Å². The largest absolute Gasteiger partial charge is 0.464 e. The number of rotatable bonds is 7. The quantitative estimate of drug-likeness (QED) is 0.542. The van der Waals surface area contributed by atoms with Crippen LogP contribution in [0.15, 0.2) is 40.9 Å². The van der Waals surface area contributed by atoms with E-state index < -0.39 is 16.1 Å². The number of imidazole rings is 1. The molecule has 0 spiro atoms. The normalized spacial score (nSPS) is 12.1. The summed E-state index contributed by atoms with van der Waals surface area (Å²) in [4.78, 5) is 19.9. The number of carbonyl (C=O) groups is 1. The fourth-order valence-electron chi connectivity index (χ4n) is 3.24. The molecule has 2 heterocycles. The molecule has 0 aliphatic carbocycles.